The molecule has 1 atom stereocenters. The highest BCUT2D eigenvalue weighted by Crippen LogP contribution is 2.33. The van der Waals surface area contributed by atoms with Crippen molar-refractivity contribution < 1.29 is 14.0 Å². The molecule has 0 bridgehead atoms. The normalized spacial score (nSPS) is 16.8. The summed E-state index contributed by atoms with van der Waals surface area (Å²) >= 11 is 12.0. The fourth-order valence-corrected chi connectivity index (χ4v) is 3.49. The molecule has 0 radical (unpaired) electrons. The van der Waals surface area contributed by atoms with Crippen LogP contribution in [-0.4, -0.2) is 24.9 Å². The number of nitrogens with one attached hydrogen (secondary N) is 1. The Kier molecular flexibility index (Phi) is 5.79. The van der Waals surface area contributed by atoms with Gasteiger partial charge in [0.15, 0.2) is 0 Å². The standard InChI is InChI=1S/C19H17Cl2FN2O2/c20-14-5-6-17(15(21)10-14)24-11-13(9-18(24)25)19(26)23-8-7-12-3-1-2-4-16(12)22/h1-6,10,13H,7-9,11H2,(H,23,26). The molecule has 1 saturated heterocycles. The summed E-state index contributed by atoms with van der Waals surface area (Å²) in [7, 11) is 0. The first-order valence-electron chi connectivity index (χ1n) is 8.22. The van der Waals surface area contributed by atoms with E-state index in [1.54, 1.807) is 36.4 Å². The van der Waals surface area contributed by atoms with Gasteiger partial charge in [0.2, 0.25) is 11.8 Å². The van der Waals surface area contributed by atoms with Gasteiger partial charge >= 0.3 is 0 Å². The minimum absolute atomic E-state index is 0.116. The first kappa shape index (κ1) is 18.7. The SMILES string of the molecule is O=C(NCCc1ccccc1F)C1CC(=O)N(c2ccc(Cl)cc2Cl)C1. The van der Waals surface area contributed by atoms with Crippen molar-refractivity contribution in [2.45, 2.75) is 12.8 Å². The maximum absolute atomic E-state index is 13.6. The van der Waals surface area contributed by atoms with Crippen molar-refractivity contribution in [2.75, 3.05) is 18.0 Å². The number of carbonyl (C=O) groups excluding carboxylic acids is 2. The molecule has 2 amide bonds. The number of rotatable bonds is 5. The molecule has 7 heteroatoms. The third kappa shape index (κ3) is 4.17. The molecule has 1 unspecified atom stereocenters. The molecule has 2 aromatic carbocycles. The molecule has 0 saturated carbocycles. The average Bonchev–Trinajstić information content (AvgIpc) is 2.98. The Hall–Kier alpha value is -2.11. The zero-order valence-electron chi connectivity index (χ0n) is 13.8. The largest absolute Gasteiger partial charge is 0.355 e. The van der Waals surface area contributed by atoms with Crippen LogP contribution in [0.5, 0.6) is 0 Å². The fraction of sp³-hybridized carbons (Fsp3) is 0.263. The van der Waals surface area contributed by atoms with E-state index in [0.29, 0.717) is 34.3 Å². The Morgan fingerprint density at radius 2 is 2.00 bits per heavy atom. The van der Waals surface area contributed by atoms with E-state index in [1.165, 1.54) is 11.0 Å². The molecule has 1 heterocycles. The lowest BCUT2D eigenvalue weighted by molar-refractivity contribution is -0.126. The van der Waals surface area contributed by atoms with Gasteiger partial charge in [-0.25, -0.2) is 4.39 Å². The number of nitrogens with zero attached hydrogens (tertiary/aromatic N) is 1. The predicted octanol–water partition coefficient (Wildman–Crippen LogP) is 3.84. The van der Waals surface area contributed by atoms with Gasteiger partial charge in [-0.3, -0.25) is 9.59 Å². The van der Waals surface area contributed by atoms with E-state index in [2.05, 4.69) is 5.32 Å². The average molecular weight is 395 g/mol. The lowest BCUT2D eigenvalue weighted by atomic mass is 10.1. The molecule has 1 aliphatic rings. The molecular weight excluding hydrogens is 378 g/mol. The molecule has 26 heavy (non-hydrogen) atoms. The number of hydrogen-bond acceptors (Lipinski definition) is 2. The van der Waals surface area contributed by atoms with E-state index in [9.17, 15) is 14.0 Å². The number of halogens is 3. The van der Waals surface area contributed by atoms with Gasteiger partial charge in [0.05, 0.1) is 16.6 Å². The lowest BCUT2D eigenvalue weighted by Gasteiger charge is -2.18. The molecule has 1 fully saturated rings. The van der Waals surface area contributed by atoms with Crippen LogP contribution in [0.3, 0.4) is 0 Å². The van der Waals surface area contributed by atoms with Gasteiger partial charge in [0, 0.05) is 24.5 Å². The number of anilines is 1. The summed E-state index contributed by atoms with van der Waals surface area (Å²) in [6.45, 7) is 0.567. The summed E-state index contributed by atoms with van der Waals surface area (Å²) in [6.07, 6.45) is 0.510. The summed E-state index contributed by atoms with van der Waals surface area (Å²) in [5.74, 6) is -1.14. The van der Waals surface area contributed by atoms with Crippen molar-refractivity contribution in [1.29, 1.82) is 0 Å². The van der Waals surface area contributed by atoms with E-state index in [4.69, 9.17) is 23.2 Å². The molecule has 0 aromatic heterocycles. The van der Waals surface area contributed by atoms with Crippen LogP contribution in [0.25, 0.3) is 0 Å². The quantitative estimate of drug-likeness (QED) is 0.837. The van der Waals surface area contributed by atoms with Crippen LogP contribution >= 0.6 is 23.2 Å². The summed E-state index contributed by atoms with van der Waals surface area (Å²) < 4.78 is 13.6. The molecule has 0 spiro atoms. The van der Waals surface area contributed by atoms with Crippen molar-refractivity contribution in [2.24, 2.45) is 5.92 Å². The van der Waals surface area contributed by atoms with E-state index < -0.39 is 5.92 Å². The zero-order chi connectivity index (χ0) is 18.7. The molecule has 3 rings (SSSR count). The molecule has 2 aromatic rings. The van der Waals surface area contributed by atoms with Gasteiger partial charge in [-0.2, -0.15) is 0 Å². The third-order valence-electron chi connectivity index (χ3n) is 4.35. The van der Waals surface area contributed by atoms with E-state index >= 15 is 0 Å². The number of benzene rings is 2. The van der Waals surface area contributed by atoms with Gasteiger partial charge in [0.1, 0.15) is 5.82 Å². The summed E-state index contributed by atoms with van der Waals surface area (Å²) in [6, 6.07) is 11.3. The maximum Gasteiger partial charge on any atom is 0.227 e. The van der Waals surface area contributed by atoms with Crippen molar-refractivity contribution in [1.82, 2.24) is 5.32 Å². The molecule has 0 aliphatic carbocycles. The van der Waals surface area contributed by atoms with Crippen LogP contribution in [0.4, 0.5) is 10.1 Å². The smallest absolute Gasteiger partial charge is 0.227 e. The molecule has 4 nitrogen and oxygen atoms in total. The van der Waals surface area contributed by atoms with Crippen molar-refractivity contribution in [3.63, 3.8) is 0 Å². The Morgan fingerprint density at radius 3 is 2.73 bits per heavy atom. The fourth-order valence-electron chi connectivity index (χ4n) is 2.98. The highest BCUT2D eigenvalue weighted by atomic mass is 35.5. The summed E-state index contributed by atoms with van der Waals surface area (Å²) in [5, 5.41) is 3.62. The second-order valence-electron chi connectivity index (χ2n) is 6.13. The van der Waals surface area contributed by atoms with Gasteiger partial charge in [0.25, 0.3) is 0 Å². The number of hydrogen-bond donors (Lipinski definition) is 1. The van der Waals surface area contributed by atoms with Crippen LogP contribution in [0.2, 0.25) is 10.0 Å². The Morgan fingerprint density at radius 1 is 1.23 bits per heavy atom. The maximum atomic E-state index is 13.6. The first-order valence-corrected chi connectivity index (χ1v) is 8.98. The monoisotopic (exact) mass is 394 g/mol. The van der Waals surface area contributed by atoms with Crippen LogP contribution < -0.4 is 10.2 Å². The van der Waals surface area contributed by atoms with Gasteiger partial charge in [-0.1, -0.05) is 41.4 Å². The third-order valence-corrected chi connectivity index (χ3v) is 4.89. The van der Waals surface area contributed by atoms with Crippen LogP contribution in [-0.2, 0) is 16.0 Å². The lowest BCUT2D eigenvalue weighted by Crippen LogP contribution is -2.34. The molecule has 1 N–H and O–H groups in total. The van der Waals surface area contributed by atoms with Crippen LogP contribution in [0.15, 0.2) is 42.5 Å². The van der Waals surface area contributed by atoms with Crippen molar-refractivity contribution in [3.8, 4) is 0 Å². The topological polar surface area (TPSA) is 49.4 Å². The van der Waals surface area contributed by atoms with Crippen LogP contribution in [0, 0.1) is 11.7 Å². The second-order valence-corrected chi connectivity index (χ2v) is 6.98. The number of carbonyl (C=O) groups is 2. The van der Waals surface area contributed by atoms with E-state index in [1.807, 2.05) is 0 Å². The predicted molar refractivity (Wildman–Crippen MR) is 100 cm³/mol. The molecule has 136 valence electrons. The Balaban J connectivity index is 1.58. The summed E-state index contributed by atoms with van der Waals surface area (Å²) in [5.41, 5.74) is 1.09. The van der Waals surface area contributed by atoms with E-state index in [0.717, 1.165) is 0 Å². The highest BCUT2D eigenvalue weighted by molar-refractivity contribution is 6.36. The summed E-state index contributed by atoms with van der Waals surface area (Å²) in [4.78, 5) is 26.1. The van der Waals surface area contributed by atoms with Crippen LogP contribution in [0.1, 0.15) is 12.0 Å². The molecule has 1 aliphatic heterocycles. The first-order chi connectivity index (χ1) is 12.5. The minimum atomic E-state index is -0.463. The van der Waals surface area contributed by atoms with E-state index in [-0.39, 0.29) is 30.6 Å². The second kappa shape index (κ2) is 8.06. The Bertz CT molecular complexity index is 844. The molecular formula is C19H17Cl2FN2O2. The Labute approximate surface area is 160 Å². The van der Waals surface area contributed by atoms with Crippen molar-refractivity contribution in [3.05, 3.63) is 63.9 Å². The number of amides is 2. The highest BCUT2D eigenvalue weighted by Gasteiger charge is 2.35. The van der Waals surface area contributed by atoms with Gasteiger partial charge in [-0.05, 0) is 36.2 Å². The van der Waals surface area contributed by atoms with Gasteiger partial charge in [-0.15, -0.1) is 0 Å². The van der Waals surface area contributed by atoms with Gasteiger partial charge < -0.3 is 10.2 Å². The zero-order valence-corrected chi connectivity index (χ0v) is 15.4. The minimum Gasteiger partial charge on any atom is -0.355 e. The van der Waals surface area contributed by atoms with Crippen molar-refractivity contribution >= 4 is 40.7 Å².